The minimum Gasteiger partial charge on any atom is -0.494 e. The SMILES string of the molecule is COc1cccc2c1nc(C(F)F)n2-c1nc(N2CCOCC2)cc(N2CCC(NC(=O)N/N=C/c3ccc(F)cc3F)C2)n1. The Morgan fingerprint density at radius 1 is 1.07 bits per heavy atom. The van der Waals surface area contributed by atoms with Crippen molar-refractivity contribution in [2.75, 3.05) is 56.3 Å². The average molecular weight is 628 g/mol. The summed E-state index contributed by atoms with van der Waals surface area (Å²) in [5.41, 5.74) is 2.93. The zero-order valence-corrected chi connectivity index (χ0v) is 24.1. The molecule has 0 aliphatic carbocycles. The molecule has 6 rings (SSSR count). The van der Waals surface area contributed by atoms with Crippen molar-refractivity contribution in [3.63, 3.8) is 0 Å². The fourth-order valence-electron chi connectivity index (χ4n) is 5.31. The largest absolute Gasteiger partial charge is 0.494 e. The number of nitrogens with one attached hydrogen (secondary N) is 2. The number of halogens is 4. The molecule has 2 aromatic carbocycles. The van der Waals surface area contributed by atoms with E-state index >= 15 is 0 Å². The Hall–Kier alpha value is -4.99. The highest BCUT2D eigenvalue weighted by atomic mass is 19.3. The van der Waals surface area contributed by atoms with E-state index in [9.17, 15) is 22.4 Å². The highest BCUT2D eigenvalue weighted by Crippen LogP contribution is 2.33. The van der Waals surface area contributed by atoms with Crippen molar-refractivity contribution < 1.29 is 31.8 Å². The molecule has 16 heteroatoms. The molecule has 2 saturated heterocycles. The van der Waals surface area contributed by atoms with E-state index in [1.165, 1.54) is 17.7 Å². The molecule has 4 heterocycles. The molecule has 2 aromatic heterocycles. The molecule has 2 N–H and O–H groups in total. The molecule has 1 unspecified atom stereocenters. The van der Waals surface area contributed by atoms with Gasteiger partial charge >= 0.3 is 6.03 Å². The number of rotatable bonds is 8. The van der Waals surface area contributed by atoms with E-state index in [-0.39, 0.29) is 23.1 Å². The molecule has 4 aromatic rings. The number of hydrogen-bond donors (Lipinski definition) is 2. The van der Waals surface area contributed by atoms with Crippen LogP contribution in [0.2, 0.25) is 0 Å². The molecule has 0 bridgehead atoms. The first-order valence-electron chi connectivity index (χ1n) is 14.2. The van der Waals surface area contributed by atoms with Crippen LogP contribution in [0.15, 0.2) is 47.6 Å². The number of imidazole rings is 1. The molecular formula is C29H29F4N9O3. The Balaban J connectivity index is 1.25. The van der Waals surface area contributed by atoms with Crippen LogP contribution >= 0.6 is 0 Å². The van der Waals surface area contributed by atoms with Gasteiger partial charge in [0.15, 0.2) is 5.82 Å². The summed E-state index contributed by atoms with van der Waals surface area (Å²) in [7, 11) is 1.44. The van der Waals surface area contributed by atoms with Crippen molar-refractivity contribution in [2.45, 2.75) is 18.9 Å². The number of hydrazone groups is 1. The molecule has 1 atom stereocenters. The minimum atomic E-state index is -2.91. The van der Waals surface area contributed by atoms with Crippen LogP contribution in [0.3, 0.4) is 0 Å². The number of ether oxygens (including phenoxy) is 2. The molecule has 12 nitrogen and oxygen atoms in total. The van der Waals surface area contributed by atoms with Gasteiger partial charge in [0, 0.05) is 49.9 Å². The van der Waals surface area contributed by atoms with E-state index in [2.05, 4.69) is 20.8 Å². The number of carbonyl (C=O) groups excluding carboxylic acids is 1. The summed E-state index contributed by atoms with van der Waals surface area (Å²) in [6.45, 7) is 2.97. The Bertz CT molecular complexity index is 1730. The molecule has 0 saturated carbocycles. The van der Waals surface area contributed by atoms with Gasteiger partial charge < -0.3 is 24.6 Å². The maximum atomic E-state index is 14.3. The van der Waals surface area contributed by atoms with Gasteiger partial charge in [-0.05, 0) is 30.7 Å². The number of hydrogen-bond acceptors (Lipinski definition) is 9. The predicted octanol–water partition coefficient (Wildman–Crippen LogP) is 3.79. The number of methoxy groups -OCH3 is 1. The second kappa shape index (κ2) is 12.9. The molecule has 45 heavy (non-hydrogen) atoms. The van der Waals surface area contributed by atoms with E-state index < -0.39 is 29.9 Å². The summed E-state index contributed by atoms with van der Waals surface area (Å²) in [4.78, 5) is 30.0. The zero-order valence-electron chi connectivity index (χ0n) is 24.1. The quantitative estimate of drug-likeness (QED) is 0.172. The number of carbonyl (C=O) groups is 1. The topological polar surface area (TPSA) is 122 Å². The average Bonchev–Trinajstić information content (AvgIpc) is 3.67. The Morgan fingerprint density at radius 2 is 1.84 bits per heavy atom. The van der Waals surface area contributed by atoms with Crippen molar-refractivity contribution in [3.8, 4) is 11.7 Å². The molecule has 2 amide bonds. The van der Waals surface area contributed by atoms with Crippen molar-refractivity contribution in [1.82, 2.24) is 30.3 Å². The summed E-state index contributed by atoms with van der Waals surface area (Å²) >= 11 is 0. The van der Waals surface area contributed by atoms with Crippen LogP contribution in [-0.4, -0.2) is 84.3 Å². The normalized spacial score (nSPS) is 17.1. The maximum absolute atomic E-state index is 14.3. The van der Waals surface area contributed by atoms with Gasteiger partial charge in [-0.25, -0.2) is 32.8 Å². The van der Waals surface area contributed by atoms with E-state index in [0.717, 1.165) is 18.3 Å². The van der Waals surface area contributed by atoms with E-state index in [1.54, 1.807) is 24.3 Å². The third-order valence-corrected chi connectivity index (χ3v) is 7.49. The third kappa shape index (κ3) is 6.45. The lowest BCUT2D eigenvalue weighted by molar-refractivity contribution is 0.122. The molecule has 2 fully saturated rings. The predicted molar refractivity (Wildman–Crippen MR) is 157 cm³/mol. The highest BCUT2D eigenvalue weighted by molar-refractivity contribution is 5.84. The summed E-state index contributed by atoms with van der Waals surface area (Å²) in [6, 6.07) is 8.87. The van der Waals surface area contributed by atoms with Crippen LogP contribution in [0.1, 0.15) is 24.2 Å². The molecule has 0 spiro atoms. The summed E-state index contributed by atoms with van der Waals surface area (Å²) < 4.78 is 67.7. The number of amides is 2. The van der Waals surface area contributed by atoms with E-state index in [4.69, 9.17) is 19.4 Å². The van der Waals surface area contributed by atoms with Gasteiger partial charge in [-0.15, -0.1) is 0 Å². The van der Waals surface area contributed by atoms with E-state index in [0.29, 0.717) is 68.7 Å². The van der Waals surface area contributed by atoms with Crippen LogP contribution in [0.5, 0.6) is 5.75 Å². The number of urea groups is 1. The van der Waals surface area contributed by atoms with Gasteiger partial charge in [0.1, 0.15) is 34.5 Å². The number of alkyl halides is 2. The lowest BCUT2D eigenvalue weighted by atomic mass is 10.2. The molecule has 2 aliphatic heterocycles. The van der Waals surface area contributed by atoms with Crippen molar-refractivity contribution in [2.24, 2.45) is 5.10 Å². The van der Waals surface area contributed by atoms with Gasteiger partial charge in [0.2, 0.25) is 5.95 Å². The Morgan fingerprint density at radius 3 is 2.58 bits per heavy atom. The first kappa shape index (κ1) is 30.1. The first-order chi connectivity index (χ1) is 21.8. The van der Waals surface area contributed by atoms with Crippen molar-refractivity contribution in [3.05, 3.63) is 65.5 Å². The lowest BCUT2D eigenvalue weighted by Gasteiger charge is -2.29. The van der Waals surface area contributed by atoms with Gasteiger partial charge in [-0.2, -0.15) is 15.1 Å². The zero-order chi connectivity index (χ0) is 31.5. The Kier molecular flexibility index (Phi) is 8.64. The highest BCUT2D eigenvalue weighted by Gasteiger charge is 2.29. The van der Waals surface area contributed by atoms with Crippen LogP contribution in [0.25, 0.3) is 17.0 Å². The third-order valence-electron chi connectivity index (χ3n) is 7.49. The van der Waals surface area contributed by atoms with Gasteiger partial charge in [0.25, 0.3) is 6.43 Å². The van der Waals surface area contributed by atoms with E-state index in [1.807, 2.05) is 9.80 Å². The number of morpholine rings is 1. The number of para-hydroxylation sites is 1. The maximum Gasteiger partial charge on any atom is 0.335 e. The monoisotopic (exact) mass is 627 g/mol. The Labute approximate surface area is 254 Å². The number of nitrogens with zero attached hydrogens (tertiary/aromatic N) is 7. The van der Waals surface area contributed by atoms with Crippen LogP contribution in [0, 0.1) is 11.6 Å². The summed E-state index contributed by atoms with van der Waals surface area (Å²) in [6.07, 6.45) is -1.28. The molecule has 2 aliphatic rings. The van der Waals surface area contributed by atoms with Crippen LogP contribution in [0.4, 0.5) is 34.0 Å². The second-order valence-corrected chi connectivity index (χ2v) is 10.4. The molecule has 236 valence electrons. The molecular weight excluding hydrogens is 598 g/mol. The summed E-state index contributed by atoms with van der Waals surface area (Å²) in [5.74, 6) is -0.647. The molecule has 0 radical (unpaired) electrons. The van der Waals surface area contributed by atoms with Crippen LogP contribution < -0.4 is 25.3 Å². The first-order valence-corrected chi connectivity index (χ1v) is 14.2. The van der Waals surface area contributed by atoms with Gasteiger partial charge in [-0.1, -0.05) is 6.07 Å². The van der Waals surface area contributed by atoms with Crippen molar-refractivity contribution in [1.29, 1.82) is 0 Å². The number of fused-ring (bicyclic) bond motifs is 1. The minimum absolute atomic E-state index is 0.0125. The fourth-order valence-corrected chi connectivity index (χ4v) is 5.31. The standard InChI is InChI=1S/C29H29F4N9O3/c1-44-22-4-2-3-21-25(22)38-27(26(32)33)42(21)28-36-23(40-9-11-45-12-10-40)14-24(37-28)41-8-7-19(16-41)35-29(43)39-34-15-17-5-6-18(30)13-20(17)31/h2-6,13-15,19,26H,7-12,16H2,1H3,(H2,35,39,43)/b34-15+. The fraction of sp³-hybridized carbons (Fsp3) is 0.345. The number of aromatic nitrogens is 4. The van der Waals surface area contributed by atoms with Crippen LogP contribution in [-0.2, 0) is 4.74 Å². The van der Waals surface area contributed by atoms with Gasteiger partial charge in [0.05, 0.1) is 32.1 Å². The lowest BCUT2D eigenvalue weighted by Crippen LogP contribution is -2.41. The smallest absolute Gasteiger partial charge is 0.335 e. The van der Waals surface area contributed by atoms with Crippen molar-refractivity contribution >= 4 is 34.9 Å². The number of anilines is 2. The number of benzene rings is 2. The van der Waals surface area contributed by atoms with Gasteiger partial charge in [-0.3, -0.25) is 4.57 Å². The summed E-state index contributed by atoms with van der Waals surface area (Å²) in [5, 5.41) is 6.55. The second-order valence-electron chi connectivity index (χ2n) is 10.4.